The molecule has 13 heavy (non-hydrogen) atoms. The molecule has 0 radical (unpaired) electrons. The van der Waals surface area contributed by atoms with Crippen LogP contribution in [-0.2, 0) is 6.42 Å². The number of hydrogen-bond acceptors (Lipinski definition) is 3. The standard InChI is InChI=1S/C9H8N2O2/c1-2-7-3-8(6-10)5-9(4-7)11(12)13/h3-5H,2H2,1H3. The van der Waals surface area contributed by atoms with Crippen LogP contribution in [0, 0.1) is 21.4 Å². The van der Waals surface area contributed by atoms with E-state index in [4.69, 9.17) is 5.26 Å². The van der Waals surface area contributed by atoms with Gasteiger partial charge in [0.1, 0.15) is 0 Å². The third-order valence-electron chi connectivity index (χ3n) is 1.73. The maximum atomic E-state index is 10.4. The predicted octanol–water partition coefficient (Wildman–Crippen LogP) is 2.03. The summed E-state index contributed by atoms with van der Waals surface area (Å²) in [5.41, 5.74) is 1.13. The lowest BCUT2D eigenvalue weighted by molar-refractivity contribution is -0.384. The van der Waals surface area contributed by atoms with Gasteiger partial charge in [-0.05, 0) is 18.1 Å². The first-order valence-corrected chi connectivity index (χ1v) is 3.86. The number of nitro groups is 1. The maximum Gasteiger partial charge on any atom is 0.271 e. The van der Waals surface area contributed by atoms with Crippen LogP contribution >= 0.6 is 0 Å². The van der Waals surface area contributed by atoms with Crippen LogP contribution in [0.15, 0.2) is 18.2 Å². The van der Waals surface area contributed by atoms with E-state index in [0.717, 1.165) is 5.56 Å². The molecule has 0 aromatic heterocycles. The van der Waals surface area contributed by atoms with E-state index >= 15 is 0 Å². The molecule has 0 amide bonds. The summed E-state index contributed by atoms with van der Waals surface area (Å²) in [7, 11) is 0. The van der Waals surface area contributed by atoms with Gasteiger partial charge in [-0.15, -0.1) is 0 Å². The molecule has 1 aromatic carbocycles. The van der Waals surface area contributed by atoms with E-state index < -0.39 is 4.92 Å². The molecule has 0 unspecified atom stereocenters. The minimum Gasteiger partial charge on any atom is -0.258 e. The Balaban J connectivity index is 3.24. The van der Waals surface area contributed by atoms with E-state index in [1.54, 1.807) is 6.07 Å². The highest BCUT2D eigenvalue weighted by molar-refractivity contribution is 5.44. The van der Waals surface area contributed by atoms with Gasteiger partial charge in [-0.2, -0.15) is 5.26 Å². The fourth-order valence-electron chi connectivity index (χ4n) is 1.05. The molecule has 0 fully saturated rings. The molecule has 4 nitrogen and oxygen atoms in total. The summed E-state index contributed by atoms with van der Waals surface area (Å²) >= 11 is 0. The first-order chi connectivity index (χ1) is 6.17. The van der Waals surface area contributed by atoms with Crippen molar-refractivity contribution in [3.63, 3.8) is 0 Å². The smallest absolute Gasteiger partial charge is 0.258 e. The number of nitrogens with zero attached hydrogens (tertiary/aromatic N) is 2. The Bertz CT molecular complexity index is 380. The fraction of sp³-hybridized carbons (Fsp3) is 0.222. The van der Waals surface area contributed by atoms with Gasteiger partial charge in [-0.3, -0.25) is 10.1 Å². The summed E-state index contributed by atoms with van der Waals surface area (Å²) in [5.74, 6) is 0. The van der Waals surface area contributed by atoms with Gasteiger partial charge < -0.3 is 0 Å². The Kier molecular flexibility index (Phi) is 2.60. The third kappa shape index (κ3) is 2.03. The molecule has 4 heteroatoms. The van der Waals surface area contributed by atoms with E-state index in [2.05, 4.69) is 0 Å². The average molecular weight is 176 g/mol. The van der Waals surface area contributed by atoms with Crippen LogP contribution in [0.1, 0.15) is 18.1 Å². The van der Waals surface area contributed by atoms with Gasteiger partial charge in [0, 0.05) is 12.1 Å². The number of aryl methyl sites for hydroxylation is 1. The first kappa shape index (κ1) is 9.20. The van der Waals surface area contributed by atoms with E-state index in [1.165, 1.54) is 12.1 Å². The van der Waals surface area contributed by atoms with Gasteiger partial charge >= 0.3 is 0 Å². The molecule has 0 saturated carbocycles. The van der Waals surface area contributed by atoms with Crippen LogP contribution in [0.25, 0.3) is 0 Å². The molecule has 0 atom stereocenters. The van der Waals surface area contributed by atoms with Crippen molar-refractivity contribution in [1.29, 1.82) is 5.26 Å². The number of rotatable bonds is 2. The maximum absolute atomic E-state index is 10.4. The van der Waals surface area contributed by atoms with Crippen LogP contribution in [0.4, 0.5) is 5.69 Å². The van der Waals surface area contributed by atoms with Crippen molar-refractivity contribution in [2.75, 3.05) is 0 Å². The first-order valence-electron chi connectivity index (χ1n) is 3.86. The Morgan fingerprint density at radius 3 is 2.69 bits per heavy atom. The molecule has 1 rings (SSSR count). The van der Waals surface area contributed by atoms with Crippen molar-refractivity contribution in [2.45, 2.75) is 13.3 Å². The SMILES string of the molecule is CCc1cc(C#N)cc([N+](=O)[O-])c1. The molecule has 0 aliphatic rings. The Labute approximate surface area is 75.6 Å². The topological polar surface area (TPSA) is 66.9 Å². The van der Waals surface area contributed by atoms with Crippen LogP contribution in [0.3, 0.4) is 0 Å². The number of benzene rings is 1. The van der Waals surface area contributed by atoms with Gasteiger partial charge in [-0.1, -0.05) is 6.92 Å². The summed E-state index contributed by atoms with van der Waals surface area (Å²) in [4.78, 5) is 9.95. The molecular weight excluding hydrogens is 168 g/mol. The normalized spacial score (nSPS) is 9.23. The van der Waals surface area contributed by atoms with Gasteiger partial charge in [0.05, 0.1) is 16.6 Å². The molecular formula is C9H8N2O2. The summed E-state index contributed by atoms with van der Waals surface area (Å²) in [6.07, 6.45) is 0.691. The van der Waals surface area contributed by atoms with E-state index in [9.17, 15) is 10.1 Å². The van der Waals surface area contributed by atoms with Crippen molar-refractivity contribution in [2.24, 2.45) is 0 Å². The molecule has 1 aromatic rings. The number of nitriles is 1. The van der Waals surface area contributed by atoms with Crippen LogP contribution in [-0.4, -0.2) is 4.92 Å². The fourth-order valence-corrected chi connectivity index (χ4v) is 1.05. The lowest BCUT2D eigenvalue weighted by Crippen LogP contribution is -1.91. The molecule has 0 aliphatic heterocycles. The summed E-state index contributed by atoms with van der Waals surface area (Å²) < 4.78 is 0. The van der Waals surface area contributed by atoms with Crippen molar-refractivity contribution in [3.8, 4) is 6.07 Å². The van der Waals surface area contributed by atoms with Crippen molar-refractivity contribution < 1.29 is 4.92 Å². The van der Waals surface area contributed by atoms with Gasteiger partial charge in [0.2, 0.25) is 0 Å². The number of nitro benzene ring substituents is 1. The van der Waals surface area contributed by atoms with Crippen molar-refractivity contribution in [1.82, 2.24) is 0 Å². The molecule has 66 valence electrons. The minimum absolute atomic E-state index is 0.0177. The zero-order valence-electron chi connectivity index (χ0n) is 7.15. The molecule has 0 saturated heterocycles. The molecule has 0 aliphatic carbocycles. The zero-order chi connectivity index (χ0) is 9.84. The lowest BCUT2D eigenvalue weighted by atomic mass is 10.1. The van der Waals surface area contributed by atoms with Crippen LogP contribution in [0.5, 0.6) is 0 Å². The highest BCUT2D eigenvalue weighted by Crippen LogP contribution is 2.16. The average Bonchev–Trinajstić information content (AvgIpc) is 2.16. The van der Waals surface area contributed by atoms with Gasteiger partial charge in [-0.25, -0.2) is 0 Å². The van der Waals surface area contributed by atoms with Crippen LogP contribution in [0.2, 0.25) is 0 Å². The number of hydrogen-bond donors (Lipinski definition) is 0. The highest BCUT2D eigenvalue weighted by Gasteiger charge is 2.08. The second-order valence-electron chi connectivity index (χ2n) is 2.61. The summed E-state index contributed by atoms with van der Waals surface area (Å²) in [6, 6.07) is 6.32. The van der Waals surface area contributed by atoms with E-state index in [1.807, 2.05) is 13.0 Å². The largest absolute Gasteiger partial charge is 0.271 e. The molecule has 0 bridgehead atoms. The zero-order valence-corrected chi connectivity index (χ0v) is 7.15. The summed E-state index contributed by atoms with van der Waals surface area (Å²) in [5, 5.41) is 19.0. The van der Waals surface area contributed by atoms with Crippen molar-refractivity contribution in [3.05, 3.63) is 39.4 Å². The number of non-ortho nitro benzene ring substituents is 1. The monoisotopic (exact) mass is 176 g/mol. The second-order valence-corrected chi connectivity index (χ2v) is 2.61. The highest BCUT2D eigenvalue weighted by atomic mass is 16.6. The predicted molar refractivity (Wildman–Crippen MR) is 47.2 cm³/mol. The van der Waals surface area contributed by atoms with Gasteiger partial charge in [0.25, 0.3) is 5.69 Å². The third-order valence-corrected chi connectivity index (χ3v) is 1.73. The molecule has 0 N–H and O–H groups in total. The Morgan fingerprint density at radius 2 is 2.23 bits per heavy atom. The molecule has 0 heterocycles. The van der Waals surface area contributed by atoms with E-state index in [-0.39, 0.29) is 5.69 Å². The molecule has 0 spiro atoms. The minimum atomic E-state index is -0.486. The van der Waals surface area contributed by atoms with Crippen molar-refractivity contribution >= 4 is 5.69 Å². The summed E-state index contributed by atoms with van der Waals surface area (Å²) in [6.45, 7) is 1.89. The Morgan fingerprint density at radius 1 is 1.54 bits per heavy atom. The lowest BCUT2D eigenvalue weighted by Gasteiger charge is -1.97. The second kappa shape index (κ2) is 3.68. The van der Waals surface area contributed by atoms with Crippen LogP contribution < -0.4 is 0 Å². The Hall–Kier alpha value is -1.89. The van der Waals surface area contributed by atoms with E-state index in [0.29, 0.717) is 12.0 Å². The van der Waals surface area contributed by atoms with Gasteiger partial charge in [0.15, 0.2) is 0 Å². The quantitative estimate of drug-likeness (QED) is 0.511.